The van der Waals surface area contributed by atoms with Crippen molar-refractivity contribution in [2.45, 2.75) is 13.2 Å². The second-order valence-electron chi connectivity index (χ2n) is 5.33. The second kappa shape index (κ2) is 6.02. The summed E-state index contributed by atoms with van der Waals surface area (Å²) < 4.78 is 1.82. The van der Waals surface area contributed by atoms with Gasteiger partial charge in [-0.25, -0.2) is 0 Å². The summed E-state index contributed by atoms with van der Waals surface area (Å²) in [6.07, 6.45) is 0. The third-order valence-electron chi connectivity index (χ3n) is 3.90. The highest BCUT2D eigenvalue weighted by Crippen LogP contribution is 2.30. The number of aliphatic imine (C=N–C) groups is 1. The number of nitrogens with zero attached hydrogens (tertiary/aromatic N) is 4. The molecule has 5 nitrogen and oxygen atoms in total. The Hall–Kier alpha value is -2.21. The Balaban J connectivity index is 2.01. The van der Waals surface area contributed by atoms with Crippen molar-refractivity contribution < 1.29 is 5.11 Å². The van der Waals surface area contributed by atoms with Crippen molar-refractivity contribution in [2.75, 3.05) is 0 Å². The van der Waals surface area contributed by atoms with E-state index in [4.69, 9.17) is 28.2 Å². The van der Waals surface area contributed by atoms with Crippen LogP contribution in [0.2, 0.25) is 10.0 Å². The Kier molecular flexibility index (Phi) is 3.84. The zero-order chi connectivity index (χ0) is 16.7. The van der Waals surface area contributed by atoms with Crippen LogP contribution in [0.5, 0.6) is 0 Å². The normalized spacial score (nSPS) is 13.0. The van der Waals surface area contributed by atoms with Gasteiger partial charge in [-0.3, -0.25) is 9.56 Å². The first kappa shape index (κ1) is 15.3. The van der Waals surface area contributed by atoms with Gasteiger partial charge in [0.15, 0.2) is 11.6 Å². The molecule has 1 aromatic heterocycles. The average Bonchev–Trinajstić information content (AvgIpc) is 2.93. The summed E-state index contributed by atoms with van der Waals surface area (Å²) in [4.78, 5) is 4.69. The molecule has 0 bridgehead atoms. The van der Waals surface area contributed by atoms with E-state index in [2.05, 4.69) is 10.2 Å². The number of aliphatic hydroxyl groups is 1. The van der Waals surface area contributed by atoms with Crippen molar-refractivity contribution in [3.05, 3.63) is 75.3 Å². The van der Waals surface area contributed by atoms with E-state index in [0.717, 1.165) is 22.5 Å². The van der Waals surface area contributed by atoms with Gasteiger partial charge in [0.2, 0.25) is 0 Å². The minimum Gasteiger partial charge on any atom is -0.388 e. The quantitative estimate of drug-likeness (QED) is 0.763. The van der Waals surface area contributed by atoms with Crippen molar-refractivity contribution in [1.29, 1.82) is 0 Å². The highest BCUT2D eigenvalue weighted by Gasteiger charge is 2.23. The Bertz CT molecular complexity index is 965. The summed E-state index contributed by atoms with van der Waals surface area (Å²) in [7, 11) is 0. The molecule has 4 rings (SSSR count). The molecule has 0 aliphatic carbocycles. The van der Waals surface area contributed by atoms with E-state index in [1.54, 1.807) is 6.07 Å². The molecular formula is C17H12Cl2N4O. The molecule has 0 unspecified atom stereocenters. The maximum atomic E-state index is 9.57. The van der Waals surface area contributed by atoms with E-state index < -0.39 is 0 Å². The van der Waals surface area contributed by atoms with Gasteiger partial charge in [-0.05, 0) is 24.3 Å². The highest BCUT2D eigenvalue weighted by molar-refractivity contribution is 6.36. The van der Waals surface area contributed by atoms with Gasteiger partial charge in [0, 0.05) is 21.2 Å². The highest BCUT2D eigenvalue weighted by atomic mass is 35.5. The van der Waals surface area contributed by atoms with Crippen LogP contribution >= 0.6 is 23.2 Å². The van der Waals surface area contributed by atoms with Gasteiger partial charge in [-0.2, -0.15) is 0 Å². The predicted molar refractivity (Wildman–Crippen MR) is 93.1 cm³/mol. The van der Waals surface area contributed by atoms with Crippen LogP contribution in [0.4, 0.5) is 0 Å². The Morgan fingerprint density at radius 1 is 1.04 bits per heavy atom. The lowest BCUT2D eigenvalue weighted by molar-refractivity contribution is 0.268. The number of aliphatic hydroxyl groups excluding tert-OH is 1. The van der Waals surface area contributed by atoms with Crippen LogP contribution in [-0.2, 0) is 13.2 Å². The summed E-state index contributed by atoms with van der Waals surface area (Å²) in [5.74, 6) is 1.12. The molecular weight excluding hydrogens is 347 g/mol. The standard InChI is InChI=1S/C17H12Cl2N4O/c18-10-5-6-14-12(7-10)17(11-3-1-2-4-13(11)19)20-8-15-21-22-16(9-24)23(14)15/h1-7,24H,8-9H2. The van der Waals surface area contributed by atoms with Crippen LogP contribution in [0.1, 0.15) is 22.8 Å². The summed E-state index contributed by atoms with van der Waals surface area (Å²) in [5.41, 5.74) is 3.21. The maximum Gasteiger partial charge on any atom is 0.163 e. The third-order valence-corrected chi connectivity index (χ3v) is 4.47. The summed E-state index contributed by atoms with van der Waals surface area (Å²) >= 11 is 12.6. The van der Waals surface area contributed by atoms with Gasteiger partial charge in [0.05, 0.1) is 11.4 Å². The van der Waals surface area contributed by atoms with E-state index in [0.29, 0.717) is 28.2 Å². The lowest BCUT2D eigenvalue weighted by Gasteiger charge is -2.14. The molecule has 0 saturated carbocycles. The fourth-order valence-electron chi connectivity index (χ4n) is 2.85. The SMILES string of the molecule is OCc1nnc2n1-c1ccc(Cl)cc1C(c1ccccc1Cl)=NC2. The molecule has 1 aliphatic heterocycles. The molecule has 7 heteroatoms. The molecule has 3 aromatic rings. The van der Waals surface area contributed by atoms with Crippen LogP contribution in [0.25, 0.3) is 5.69 Å². The predicted octanol–water partition coefficient (Wildman–Crippen LogP) is 3.42. The summed E-state index contributed by atoms with van der Waals surface area (Å²) in [6.45, 7) is 0.121. The molecule has 0 radical (unpaired) electrons. The number of benzene rings is 2. The fraction of sp³-hybridized carbons (Fsp3) is 0.118. The van der Waals surface area contributed by atoms with Crippen molar-refractivity contribution in [1.82, 2.24) is 14.8 Å². The van der Waals surface area contributed by atoms with Crippen LogP contribution in [0.3, 0.4) is 0 Å². The van der Waals surface area contributed by atoms with E-state index >= 15 is 0 Å². The topological polar surface area (TPSA) is 63.3 Å². The van der Waals surface area contributed by atoms with Gasteiger partial charge >= 0.3 is 0 Å². The molecule has 1 aliphatic rings. The Labute approximate surface area is 148 Å². The first-order valence-corrected chi connectivity index (χ1v) is 8.08. The minimum absolute atomic E-state index is 0.212. The lowest BCUT2D eigenvalue weighted by atomic mass is 10.0. The first-order chi connectivity index (χ1) is 11.7. The third kappa shape index (κ3) is 2.41. The first-order valence-electron chi connectivity index (χ1n) is 7.32. The van der Waals surface area contributed by atoms with E-state index in [1.807, 2.05) is 41.0 Å². The van der Waals surface area contributed by atoms with Gasteiger partial charge in [0.1, 0.15) is 13.2 Å². The van der Waals surface area contributed by atoms with Crippen molar-refractivity contribution in [2.24, 2.45) is 4.99 Å². The number of rotatable bonds is 2. The van der Waals surface area contributed by atoms with Crippen molar-refractivity contribution in [3.8, 4) is 5.69 Å². The largest absolute Gasteiger partial charge is 0.388 e. The monoisotopic (exact) mass is 358 g/mol. The number of hydrogen-bond acceptors (Lipinski definition) is 4. The fourth-order valence-corrected chi connectivity index (χ4v) is 3.25. The Morgan fingerprint density at radius 2 is 1.88 bits per heavy atom. The van der Waals surface area contributed by atoms with E-state index in [-0.39, 0.29) is 6.61 Å². The van der Waals surface area contributed by atoms with Crippen LogP contribution in [-0.4, -0.2) is 25.6 Å². The zero-order valence-electron chi connectivity index (χ0n) is 12.4. The molecule has 0 fully saturated rings. The lowest BCUT2D eigenvalue weighted by Crippen LogP contribution is -2.10. The number of halogens is 2. The summed E-state index contributed by atoms with van der Waals surface area (Å²) in [5, 5.41) is 18.9. The molecule has 1 N–H and O–H groups in total. The molecule has 120 valence electrons. The second-order valence-corrected chi connectivity index (χ2v) is 6.18. The van der Waals surface area contributed by atoms with Gasteiger partial charge < -0.3 is 5.11 Å². The van der Waals surface area contributed by atoms with E-state index in [9.17, 15) is 5.11 Å². The van der Waals surface area contributed by atoms with Crippen LogP contribution in [0.15, 0.2) is 47.5 Å². The van der Waals surface area contributed by atoms with Crippen molar-refractivity contribution >= 4 is 28.9 Å². The molecule has 2 aromatic carbocycles. The Morgan fingerprint density at radius 3 is 2.67 bits per heavy atom. The van der Waals surface area contributed by atoms with Gasteiger partial charge in [0.25, 0.3) is 0 Å². The molecule has 0 spiro atoms. The average molecular weight is 359 g/mol. The molecule has 0 atom stereocenters. The van der Waals surface area contributed by atoms with E-state index in [1.165, 1.54) is 0 Å². The maximum absolute atomic E-state index is 9.57. The minimum atomic E-state index is -0.212. The smallest absolute Gasteiger partial charge is 0.163 e. The van der Waals surface area contributed by atoms with Crippen molar-refractivity contribution in [3.63, 3.8) is 0 Å². The number of aromatic nitrogens is 3. The zero-order valence-corrected chi connectivity index (χ0v) is 14.0. The molecule has 0 saturated heterocycles. The van der Waals surface area contributed by atoms with Gasteiger partial charge in [-0.15, -0.1) is 10.2 Å². The molecule has 0 amide bonds. The number of hydrogen-bond donors (Lipinski definition) is 1. The summed E-state index contributed by atoms with van der Waals surface area (Å²) in [6, 6.07) is 13.1. The molecule has 24 heavy (non-hydrogen) atoms. The van der Waals surface area contributed by atoms with Crippen LogP contribution in [0, 0.1) is 0 Å². The number of fused-ring (bicyclic) bond motifs is 3. The van der Waals surface area contributed by atoms with Gasteiger partial charge in [-0.1, -0.05) is 41.4 Å². The molecule has 2 heterocycles. The van der Waals surface area contributed by atoms with Crippen LogP contribution < -0.4 is 0 Å².